The number of nitrogens with one attached hydrogen (secondary N) is 1. The number of fused-ring (bicyclic) bond motifs is 1. The molecule has 0 bridgehead atoms. The largest absolute Gasteiger partial charge is 0.508 e. The van der Waals surface area contributed by atoms with E-state index in [1.54, 1.807) is 36.5 Å². The number of primary amides is 1. The number of nitrogens with two attached hydrogens (primary N) is 1. The standard InChI is InChI=1S/C21H14FN3O3/c22-18-5-4-14(26)8-16(18)19(27)17-10-25-21-15(17)7-13(9-24-21)11-2-1-3-12(6-11)20(23)28/h1-10,26H,(H2,23,28)(H,24,25). The number of aromatic amines is 1. The summed E-state index contributed by atoms with van der Waals surface area (Å²) in [6.07, 6.45) is 3.05. The summed E-state index contributed by atoms with van der Waals surface area (Å²) in [5.41, 5.74) is 7.50. The summed E-state index contributed by atoms with van der Waals surface area (Å²) in [4.78, 5) is 31.4. The van der Waals surface area contributed by atoms with Crippen LogP contribution >= 0.6 is 0 Å². The number of pyridine rings is 1. The number of phenolic OH excluding ortho intramolecular Hbond substituents is 1. The van der Waals surface area contributed by atoms with Gasteiger partial charge in [0.05, 0.1) is 5.56 Å². The minimum Gasteiger partial charge on any atom is -0.508 e. The molecule has 0 saturated carbocycles. The lowest BCUT2D eigenvalue weighted by atomic mass is 9.99. The second kappa shape index (κ2) is 6.62. The van der Waals surface area contributed by atoms with Crippen LogP contribution < -0.4 is 5.73 Å². The molecule has 0 aliphatic heterocycles. The molecule has 0 unspecified atom stereocenters. The number of hydrogen-bond donors (Lipinski definition) is 3. The number of amides is 1. The maximum Gasteiger partial charge on any atom is 0.248 e. The van der Waals surface area contributed by atoms with Crippen molar-refractivity contribution >= 4 is 22.7 Å². The Morgan fingerprint density at radius 2 is 1.86 bits per heavy atom. The van der Waals surface area contributed by atoms with Gasteiger partial charge in [-0.3, -0.25) is 9.59 Å². The molecule has 2 heterocycles. The number of rotatable bonds is 4. The van der Waals surface area contributed by atoms with Crippen molar-refractivity contribution in [2.24, 2.45) is 5.73 Å². The van der Waals surface area contributed by atoms with Gasteiger partial charge in [0, 0.05) is 34.5 Å². The predicted octanol–water partition coefficient (Wildman–Crippen LogP) is 3.40. The molecule has 2 aromatic heterocycles. The number of H-pyrrole nitrogens is 1. The third-order valence-electron chi connectivity index (χ3n) is 4.45. The van der Waals surface area contributed by atoms with Gasteiger partial charge in [-0.05, 0) is 42.0 Å². The first kappa shape index (κ1) is 17.4. The average Bonchev–Trinajstić information content (AvgIpc) is 3.12. The molecule has 7 heteroatoms. The van der Waals surface area contributed by atoms with Crippen LogP contribution in [-0.4, -0.2) is 26.8 Å². The van der Waals surface area contributed by atoms with Crippen LogP contribution in [0.25, 0.3) is 22.2 Å². The molecular weight excluding hydrogens is 361 g/mol. The molecule has 0 spiro atoms. The highest BCUT2D eigenvalue weighted by Gasteiger charge is 2.19. The molecule has 28 heavy (non-hydrogen) atoms. The number of halogens is 1. The number of nitrogens with zero attached hydrogens (tertiary/aromatic N) is 1. The van der Waals surface area contributed by atoms with Crippen LogP contribution in [0, 0.1) is 5.82 Å². The molecule has 6 nitrogen and oxygen atoms in total. The van der Waals surface area contributed by atoms with E-state index >= 15 is 0 Å². The summed E-state index contributed by atoms with van der Waals surface area (Å²) in [7, 11) is 0. The molecule has 4 N–H and O–H groups in total. The maximum atomic E-state index is 14.1. The van der Waals surface area contributed by atoms with Gasteiger partial charge in [-0.2, -0.15) is 0 Å². The van der Waals surface area contributed by atoms with Gasteiger partial charge in [0.15, 0.2) is 5.78 Å². The van der Waals surface area contributed by atoms with Crippen molar-refractivity contribution in [2.75, 3.05) is 0 Å². The van der Waals surface area contributed by atoms with E-state index in [0.717, 1.165) is 12.1 Å². The van der Waals surface area contributed by atoms with Crippen LogP contribution in [0.1, 0.15) is 26.3 Å². The van der Waals surface area contributed by atoms with Crippen molar-refractivity contribution in [3.8, 4) is 16.9 Å². The number of carbonyl (C=O) groups excluding carboxylic acids is 2. The van der Waals surface area contributed by atoms with Gasteiger partial charge in [0.1, 0.15) is 17.2 Å². The number of phenols is 1. The van der Waals surface area contributed by atoms with Crippen LogP contribution in [0.15, 0.2) is 60.9 Å². The average molecular weight is 375 g/mol. The molecule has 0 aliphatic carbocycles. The lowest BCUT2D eigenvalue weighted by molar-refractivity contribution is 0.0998. The van der Waals surface area contributed by atoms with E-state index in [1.165, 1.54) is 12.3 Å². The summed E-state index contributed by atoms with van der Waals surface area (Å²) >= 11 is 0. The Balaban J connectivity index is 1.83. The summed E-state index contributed by atoms with van der Waals surface area (Å²) in [5, 5.41) is 10.1. The number of hydrogen-bond acceptors (Lipinski definition) is 4. The minimum atomic E-state index is -0.726. The van der Waals surface area contributed by atoms with E-state index in [1.807, 2.05) is 0 Å². The zero-order chi connectivity index (χ0) is 19.8. The summed E-state index contributed by atoms with van der Waals surface area (Å²) in [6.45, 7) is 0. The van der Waals surface area contributed by atoms with E-state index in [-0.39, 0.29) is 16.9 Å². The van der Waals surface area contributed by atoms with E-state index in [0.29, 0.717) is 27.7 Å². The van der Waals surface area contributed by atoms with Crippen molar-refractivity contribution in [3.05, 3.63) is 83.4 Å². The van der Waals surface area contributed by atoms with Gasteiger partial charge in [-0.25, -0.2) is 9.37 Å². The second-order valence-corrected chi connectivity index (χ2v) is 6.26. The van der Waals surface area contributed by atoms with Crippen molar-refractivity contribution in [1.29, 1.82) is 0 Å². The first-order valence-corrected chi connectivity index (χ1v) is 8.34. The molecule has 0 aliphatic rings. The van der Waals surface area contributed by atoms with Gasteiger partial charge in [-0.15, -0.1) is 0 Å². The molecule has 2 aromatic carbocycles. The Kier molecular flexibility index (Phi) is 4.12. The number of carbonyl (C=O) groups is 2. The predicted molar refractivity (Wildman–Crippen MR) is 102 cm³/mol. The zero-order valence-electron chi connectivity index (χ0n) is 14.4. The quantitative estimate of drug-likeness (QED) is 0.475. The van der Waals surface area contributed by atoms with Crippen molar-refractivity contribution < 1.29 is 19.1 Å². The molecule has 4 rings (SSSR count). The topological polar surface area (TPSA) is 109 Å². The molecule has 0 radical (unpaired) electrons. The number of benzene rings is 2. The van der Waals surface area contributed by atoms with Crippen LogP contribution in [0.3, 0.4) is 0 Å². The zero-order valence-corrected chi connectivity index (χ0v) is 14.4. The Bertz CT molecular complexity index is 1250. The minimum absolute atomic E-state index is 0.202. The van der Waals surface area contributed by atoms with Crippen molar-refractivity contribution in [3.63, 3.8) is 0 Å². The number of ketones is 1. The summed E-state index contributed by atoms with van der Waals surface area (Å²) in [6, 6.07) is 11.8. The lowest BCUT2D eigenvalue weighted by Crippen LogP contribution is -2.10. The fraction of sp³-hybridized carbons (Fsp3) is 0. The van der Waals surface area contributed by atoms with Crippen LogP contribution in [-0.2, 0) is 0 Å². The van der Waals surface area contributed by atoms with Gasteiger partial charge in [0.25, 0.3) is 0 Å². The molecule has 0 atom stereocenters. The molecule has 138 valence electrons. The fourth-order valence-corrected chi connectivity index (χ4v) is 3.03. The molecule has 0 fully saturated rings. The van der Waals surface area contributed by atoms with E-state index in [2.05, 4.69) is 9.97 Å². The van der Waals surface area contributed by atoms with Crippen LogP contribution in [0.5, 0.6) is 5.75 Å². The molecule has 1 amide bonds. The Hall–Kier alpha value is -4.00. The number of aromatic nitrogens is 2. The van der Waals surface area contributed by atoms with Gasteiger partial charge in [0.2, 0.25) is 5.91 Å². The first-order chi connectivity index (χ1) is 13.4. The first-order valence-electron chi connectivity index (χ1n) is 8.34. The molecule has 4 aromatic rings. The third kappa shape index (κ3) is 2.99. The smallest absolute Gasteiger partial charge is 0.248 e. The Morgan fingerprint density at radius 1 is 1.04 bits per heavy atom. The van der Waals surface area contributed by atoms with Crippen LogP contribution in [0.4, 0.5) is 4.39 Å². The monoisotopic (exact) mass is 375 g/mol. The van der Waals surface area contributed by atoms with Crippen LogP contribution in [0.2, 0.25) is 0 Å². The normalized spacial score (nSPS) is 10.9. The Labute approximate surface area is 158 Å². The Morgan fingerprint density at radius 3 is 2.64 bits per heavy atom. The fourth-order valence-electron chi connectivity index (χ4n) is 3.03. The highest BCUT2D eigenvalue weighted by atomic mass is 19.1. The van der Waals surface area contributed by atoms with E-state index < -0.39 is 17.5 Å². The lowest BCUT2D eigenvalue weighted by Gasteiger charge is -2.05. The van der Waals surface area contributed by atoms with Crippen molar-refractivity contribution in [1.82, 2.24) is 9.97 Å². The maximum absolute atomic E-state index is 14.1. The summed E-state index contributed by atoms with van der Waals surface area (Å²) in [5.74, 6) is -2.06. The SMILES string of the molecule is NC(=O)c1cccc(-c2cnc3[nH]cc(C(=O)c4cc(O)ccc4F)c3c2)c1. The van der Waals surface area contributed by atoms with E-state index in [9.17, 15) is 19.1 Å². The second-order valence-electron chi connectivity index (χ2n) is 6.26. The van der Waals surface area contributed by atoms with Crippen molar-refractivity contribution in [2.45, 2.75) is 0 Å². The van der Waals surface area contributed by atoms with Gasteiger partial charge < -0.3 is 15.8 Å². The molecular formula is C21H14FN3O3. The highest BCUT2D eigenvalue weighted by Crippen LogP contribution is 2.28. The summed E-state index contributed by atoms with van der Waals surface area (Å²) < 4.78 is 14.1. The van der Waals surface area contributed by atoms with Gasteiger partial charge >= 0.3 is 0 Å². The highest BCUT2D eigenvalue weighted by molar-refractivity contribution is 6.16. The van der Waals surface area contributed by atoms with Gasteiger partial charge in [-0.1, -0.05) is 12.1 Å². The number of aromatic hydroxyl groups is 1. The molecule has 0 saturated heterocycles. The third-order valence-corrected chi connectivity index (χ3v) is 4.45. The van der Waals surface area contributed by atoms with E-state index in [4.69, 9.17) is 5.73 Å².